The maximum atomic E-state index is 12.0. The average molecular weight is 339 g/mol. The lowest BCUT2D eigenvalue weighted by Crippen LogP contribution is -2.57. The Balaban J connectivity index is 1.81. The number of nitrogens with zero attached hydrogens (tertiary/aromatic N) is 4. The van der Waals surface area contributed by atoms with Crippen molar-refractivity contribution in [2.75, 3.05) is 48.0 Å². The SMILES string of the molecule is CCCCN(C)c1nccc(N2CCN[C@@H]3CS(=O)(=O)C[C@@H]32)n1. The summed E-state index contributed by atoms with van der Waals surface area (Å²) in [5, 5.41) is 3.33. The van der Waals surface area contributed by atoms with Crippen LogP contribution in [0, 0.1) is 0 Å². The van der Waals surface area contributed by atoms with Crippen molar-refractivity contribution in [3.8, 4) is 0 Å². The van der Waals surface area contributed by atoms with Crippen molar-refractivity contribution in [3.63, 3.8) is 0 Å². The van der Waals surface area contributed by atoms with Crippen LogP contribution in [0.25, 0.3) is 0 Å². The zero-order valence-corrected chi connectivity index (χ0v) is 14.6. The Hall–Kier alpha value is -1.41. The maximum Gasteiger partial charge on any atom is 0.226 e. The lowest BCUT2D eigenvalue weighted by Gasteiger charge is -2.38. The lowest BCUT2D eigenvalue weighted by atomic mass is 10.1. The fraction of sp³-hybridized carbons (Fsp3) is 0.733. The summed E-state index contributed by atoms with van der Waals surface area (Å²) in [7, 11) is -0.971. The highest BCUT2D eigenvalue weighted by atomic mass is 32.2. The predicted octanol–water partition coefficient (Wildman–Crippen LogP) is 0.288. The van der Waals surface area contributed by atoms with E-state index in [-0.39, 0.29) is 23.6 Å². The van der Waals surface area contributed by atoms with Crippen molar-refractivity contribution in [1.29, 1.82) is 0 Å². The number of anilines is 2. The summed E-state index contributed by atoms with van der Waals surface area (Å²) in [4.78, 5) is 13.2. The van der Waals surface area contributed by atoms with E-state index in [1.54, 1.807) is 6.20 Å². The summed E-state index contributed by atoms with van der Waals surface area (Å²) in [5.41, 5.74) is 0. The van der Waals surface area contributed by atoms with Gasteiger partial charge >= 0.3 is 0 Å². The number of sulfone groups is 1. The summed E-state index contributed by atoms with van der Waals surface area (Å²) >= 11 is 0. The second kappa shape index (κ2) is 6.60. The predicted molar refractivity (Wildman–Crippen MR) is 91.8 cm³/mol. The number of hydrogen-bond donors (Lipinski definition) is 1. The molecule has 128 valence electrons. The van der Waals surface area contributed by atoms with Crippen LogP contribution in [0.1, 0.15) is 19.8 Å². The van der Waals surface area contributed by atoms with Crippen LogP contribution in [0.5, 0.6) is 0 Å². The summed E-state index contributed by atoms with van der Waals surface area (Å²) < 4.78 is 23.9. The van der Waals surface area contributed by atoms with Crippen LogP contribution in [0.15, 0.2) is 12.3 Å². The monoisotopic (exact) mass is 339 g/mol. The molecule has 1 aromatic heterocycles. The van der Waals surface area contributed by atoms with Gasteiger partial charge in [0.15, 0.2) is 9.84 Å². The Labute approximate surface area is 138 Å². The zero-order valence-electron chi connectivity index (χ0n) is 13.8. The van der Waals surface area contributed by atoms with Crippen LogP contribution in [0.2, 0.25) is 0 Å². The van der Waals surface area contributed by atoms with E-state index in [1.807, 2.05) is 13.1 Å². The topological polar surface area (TPSA) is 78.4 Å². The molecule has 2 aliphatic rings. The normalized spacial score (nSPS) is 26.1. The molecule has 1 aromatic rings. The second-order valence-electron chi connectivity index (χ2n) is 6.39. The molecule has 7 nitrogen and oxygen atoms in total. The van der Waals surface area contributed by atoms with Gasteiger partial charge in [0.05, 0.1) is 17.5 Å². The minimum absolute atomic E-state index is 0.00462. The van der Waals surface area contributed by atoms with Crippen LogP contribution < -0.4 is 15.1 Å². The Morgan fingerprint density at radius 1 is 1.43 bits per heavy atom. The van der Waals surface area contributed by atoms with Crippen molar-refractivity contribution in [3.05, 3.63) is 12.3 Å². The molecule has 0 aromatic carbocycles. The van der Waals surface area contributed by atoms with E-state index >= 15 is 0 Å². The van der Waals surface area contributed by atoms with Crippen LogP contribution in [-0.2, 0) is 9.84 Å². The molecule has 2 fully saturated rings. The van der Waals surface area contributed by atoms with Crippen LogP contribution in [-0.4, -0.2) is 68.7 Å². The second-order valence-corrected chi connectivity index (χ2v) is 8.54. The molecule has 0 aliphatic carbocycles. The number of piperazine rings is 1. The smallest absolute Gasteiger partial charge is 0.226 e. The standard InChI is InChI=1S/C15H25N5O2S/c1-3-4-8-19(2)15-17-6-5-14(18-15)20-9-7-16-12-10-23(21,22)11-13(12)20/h5-6,12-13,16H,3-4,7-11H2,1-2H3/t12-,13+/m1/s1. The van der Waals surface area contributed by atoms with Crippen LogP contribution in [0.3, 0.4) is 0 Å². The van der Waals surface area contributed by atoms with E-state index in [0.717, 1.165) is 38.3 Å². The van der Waals surface area contributed by atoms with Gasteiger partial charge in [-0.3, -0.25) is 0 Å². The third-order valence-electron chi connectivity index (χ3n) is 4.59. The van der Waals surface area contributed by atoms with Gasteiger partial charge in [0, 0.05) is 38.9 Å². The third kappa shape index (κ3) is 3.58. The molecule has 0 amide bonds. The van der Waals surface area contributed by atoms with Gasteiger partial charge in [-0.1, -0.05) is 13.3 Å². The quantitative estimate of drug-likeness (QED) is 0.826. The third-order valence-corrected chi connectivity index (χ3v) is 6.31. The van der Waals surface area contributed by atoms with Crippen molar-refractivity contribution in [1.82, 2.24) is 15.3 Å². The Morgan fingerprint density at radius 2 is 2.26 bits per heavy atom. The molecule has 0 bridgehead atoms. The van der Waals surface area contributed by atoms with Gasteiger partial charge in [-0.25, -0.2) is 13.4 Å². The maximum absolute atomic E-state index is 12.0. The van der Waals surface area contributed by atoms with E-state index in [0.29, 0.717) is 5.95 Å². The highest BCUT2D eigenvalue weighted by molar-refractivity contribution is 7.91. The van der Waals surface area contributed by atoms with Crippen LogP contribution in [0.4, 0.5) is 11.8 Å². The number of fused-ring (bicyclic) bond motifs is 1. The number of unbranched alkanes of at least 4 members (excludes halogenated alkanes) is 1. The molecule has 3 rings (SSSR count). The Morgan fingerprint density at radius 3 is 3.04 bits per heavy atom. The molecular weight excluding hydrogens is 314 g/mol. The molecule has 2 saturated heterocycles. The Kier molecular flexibility index (Phi) is 4.72. The van der Waals surface area contributed by atoms with Crippen molar-refractivity contribution < 1.29 is 8.42 Å². The van der Waals surface area contributed by atoms with E-state index in [4.69, 9.17) is 0 Å². The highest BCUT2D eigenvalue weighted by Gasteiger charge is 2.43. The fourth-order valence-corrected chi connectivity index (χ4v) is 5.29. The van der Waals surface area contributed by atoms with E-state index in [2.05, 4.69) is 32.0 Å². The molecule has 1 N–H and O–H groups in total. The van der Waals surface area contributed by atoms with E-state index in [1.165, 1.54) is 0 Å². The van der Waals surface area contributed by atoms with Gasteiger partial charge in [-0.05, 0) is 12.5 Å². The van der Waals surface area contributed by atoms with Gasteiger partial charge < -0.3 is 15.1 Å². The summed E-state index contributed by atoms with van der Waals surface area (Å²) in [6.07, 6.45) is 3.99. The largest absolute Gasteiger partial charge is 0.350 e. The first-order chi connectivity index (χ1) is 11.0. The Bertz CT molecular complexity index is 651. The summed E-state index contributed by atoms with van der Waals surface area (Å²) in [6, 6.07) is 1.85. The first-order valence-corrected chi connectivity index (χ1v) is 10.1. The van der Waals surface area contributed by atoms with Crippen molar-refractivity contribution in [2.45, 2.75) is 31.8 Å². The summed E-state index contributed by atoms with van der Waals surface area (Å²) in [5.74, 6) is 1.96. The van der Waals surface area contributed by atoms with Gasteiger partial charge in [-0.15, -0.1) is 0 Å². The van der Waals surface area contributed by atoms with Gasteiger partial charge in [-0.2, -0.15) is 4.98 Å². The molecule has 0 spiro atoms. The van der Waals surface area contributed by atoms with Crippen molar-refractivity contribution in [2.24, 2.45) is 0 Å². The average Bonchev–Trinajstić information content (AvgIpc) is 2.86. The minimum atomic E-state index is -2.97. The number of hydrogen-bond acceptors (Lipinski definition) is 7. The lowest BCUT2D eigenvalue weighted by molar-refractivity contribution is 0.422. The molecular formula is C15H25N5O2S. The molecule has 0 saturated carbocycles. The van der Waals surface area contributed by atoms with Crippen molar-refractivity contribution >= 4 is 21.6 Å². The fourth-order valence-electron chi connectivity index (χ4n) is 3.33. The summed E-state index contributed by atoms with van der Waals surface area (Å²) in [6.45, 7) is 4.63. The molecule has 2 atom stereocenters. The first-order valence-electron chi connectivity index (χ1n) is 8.25. The van der Waals surface area contributed by atoms with Crippen LogP contribution >= 0.6 is 0 Å². The molecule has 2 aliphatic heterocycles. The highest BCUT2D eigenvalue weighted by Crippen LogP contribution is 2.26. The number of nitrogens with one attached hydrogen (secondary N) is 1. The first kappa shape index (κ1) is 16.4. The van der Waals surface area contributed by atoms with E-state index < -0.39 is 9.84 Å². The van der Waals surface area contributed by atoms with Gasteiger partial charge in [0.1, 0.15) is 5.82 Å². The molecule has 0 radical (unpaired) electrons. The van der Waals surface area contributed by atoms with E-state index in [9.17, 15) is 8.42 Å². The number of rotatable bonds is 5. The number of aromatic nitrogens is 2. The van der Waals surface area contributed by atoms with Gasteiger partial charge in [0.2, 0.25) is 5.95 Å². The molecule has 8 heteroatoms. The molecule has 0 unspecified atom stereocenters. The van der Waals surface area contributed by atoms with Gasteiger partial charge in [0.25, 0.3) is 0 Å². The minimum Gasteiger partial charge on any atom is -0.350 e. The zero-order chi connectivity index (χ0) is 16.4. The molecule has 3 heterocycles. The molecule has 23 heavy (non-hydrogen) atoms.